The average Bonchev–Trinajstić information content (AvgIpc) is 2.65. The fraction of sp³-hybridized carbons (Fsp3) is 0.111. The molecule has 3 rings (SSSR count). The normalized spacial score (nSPS) is 11.9. The Bertz CT molecular complexity index is 1220. The molecule has 0 aliphatic heterocycles. The van der Waals surface area contributed by atoms with E-state index in [1.807, 2.05) is 0 Å². The van der Waals surface area contributed by atoms with Crippen LogP contribution in [0.2, 0.25) is 0 Å². The molecule has 9 nitrogen and oxygen atoms in total. The van der Waals surface area contributed by atoms with E-state index in [1.165, 1.54) is 18.2 Å². The smallest absolute Gasteiger partial charge is 0.298 e. The molecule has 2 N–H and O–H groups in total. The van der Waals surface area contributed by atoms with E-state index in [1.54, 1.807) is 31.2 Å². The summed E-state index contributed by atoms with van der Waals surface area (Å²) in [4.78, 5) is 9.86. The first kappa shape index (κ1) is 19.4. The van der Waals surface area contributed by atoms with E-state index >= 15 is 0 Å². The van der Waals surface area contributed by atoms with Gasteiger partial charge in [0.1, 0.15) is 10.6 Å². The third-order valence-electron chi connectivity index (χ3n) is 4.14. The van der Waals surface area contributed by atoms with Gasteiger partial charge in [0, 0.05) is 17.0 Å². The molecule has 0 spiro atoms. The number of fused-ring (bicyclic) bond motifs is 1. The molecule has 0 saturated carbocycles. The van der Waals surface area contributed by atoms with Crippen molar-refractivity contribution < 1.29 is 23.0 Å². The third-order valence-corrected chi connectivity index (χ3v) is 5.01. The van der Waals surface area contributed by atoms with E-state index in [-0.39, 0.29) is 11.4 Å². The molecule has 0 amide bonds. The molecule has 10 heteroatoms. The molecule has 0 aliphatic rings. The number of azo groups is 1. The van der Waals surface area contributed by atoms with Crippen LogP contribution in [0.25, 0.3) is 10.8 Å². The molecule has 28 heavy (non-hydrogen) atoms. The van der Waals surface area contributed by atoms with Crippen LogP contribution in [0.3, 0.4) is 0 Å². The van der Waals surface area contributed by atoms with Gasteiger partial charge in [0.05, 0.1) is 10.6 Å². The largest absolute Gasteiger partial charge is 0.504 e. The summed E-state index contributed by atoms with van der Waals surface area (Å²) in [6, 6.07) is 11.9. The standard InChI is InChI=1S/C18H15N3O6S/c1-2-11-9-13(7-8-15(11)21(23)24)19-20-17-14-6-4-3-5-12(14)10-16(18(17)22)28(25,26)27/h3-10,22H,2H2,1H3,(H,25,26,27). The van der Waals surface area contributed by atoms with Gasteiger partial charge in [-0.15, -0.1) is 5.11 Å². The highest BCUT2D eigenvalue weighted by Gasteiger charge is 2.21. The van der Waals surface area contributed by atoms with Crippen LogP contribution in [0, 0.1) is 10.1 Å². The molecule has 0 unspecified atom stereocenters. The topological polar surface area (TPSA) is 142 Å². The Balaban J connectivity index is 2.17. The van der Waals surface area contributed by atoms with Gasteiger partial charge in [-0.3, -0.25) is 14.7 Å². The first-order valence-electron chi connectivity index (χ1n) is 8.13. The minimum atomic E-state index is -4.68. The van der Waals surface area contributed by atoms with Crippen LogP contribution < -0.4 is 0 Å². The molecular weight excluding hydrogens is 386 g/mol. The van der Waals surface area contributed by atoms with Gasteiger partial charge >= 0.3 is 0 Å². The average molecular weight is 401 g/mol. The number of aromatic hydroxyl groups is 1. The maximum absolute atomic E-state index is 11.6. The van der Waals surface area contributed by atoms with Gasteiger partial charge in [0.25, 0.3) is 15.8 Å². The lowest BCUT2D eigenvalue weighted by Gasteiger charge is -2.08. The SMILES string of the molecule is CCc1cc(N=Nc2c(O)c(S(=O)(=O)O)cc3ccccc23)ccc1[N+](=O)[O-]. The number of phenolic OH excluding ortho intramolecular Hbond substituents is 1. The van der Waals surface area contributed by atoms with Crippen LogP contribution in [0.4, 0.5) is 17.1 Å². The summed E-state index contributed by atoms with van der Waals surface area (Å²) >= 11 is 0. The van der Waals surface area contributed by atoms with Gasteiger partial charge in [0.15, 0.2) is 5.75 Å². The first-order valence-corrected chi connectivity index (χ1v) is 9.57. The molecule has 3 aromatic rings. The van der Waals surface area contributed by atoms with Crippen LogP contribution in [0.15, 0.2) is 63.7 Å². The van der Waals surface area contributed by atoms with Crippen molar-refractivity contribution >= 4 is 38.0 Å². The van der Waals surface area contributed by atoms with Crippen LogP contribution in [0.5, 0.6) is 5.75 Å². The van der Waals surface area contributed by atoms with Crippen molar-refractivity contribution in [3.8, 4) is 5.75 Å². The molecule has 0 aliphatic carbocycles. The summed E-state index contributed by atoms with van der Waals surface area (Å²) < 4.78 is 32.5. The zero-order valence-corrected chi connectivity index (χ0v) is 15.4. The van der Waals surface area contributed by atoms with Crippen LogP contribution >= 0.6 is 0 Å². The predicted octanol–water partition coefficient (Wildman–Crippen LogP) is 4.68. The number of rotatable bonds is 5. The monoisotopic (exact) mass is 401 g/mol. The van der Waals surface area contributed by atoms with E-state index in [4.69, 9.17) is 0 Å². The minimum Gasteiger partial charge on any atom is -0.504 e. The lowest BCUT2D eigenvalue weighted by molar-refractivity contribution is -0.385. The zero-order chi connectivity index (χ0) is 20.5. The van der Waals surface area contributed by atoms with E-state index in [0.717, 1.165) is 6.07 Å². The quantitative estimate of drug-likeness (QED) is 0.275. The zero-order valence-electron chi connectivity index (χ0n) is 14.6. The number of phenols is 1. The van der Waals surface area contributed by atoms with Crippen molar-refractivity contribution in [3.05, 3.63) is 64.2 Å². The third kappa shape index (κ3) is 3.68. The van der Waals surface area contributed by atoms with Crippen molar-refractivity contribution in [2.45, 2.75) is 18.2 Å². The van der Waals surface area contributed by atoms with Crippen molar-refractivity contribution in [1.29, 1.82) is 0 Å². The van der Waals surface area contributed by atoms with Gasteiger partial charge in [-0.25, -0.2) is 0 Å². The molecular formula is C18H15N3O6S. The Hall–Kier alpha value is -3.37. The molecule has 0 aromatic heterocycles. The molecule has 0 bridgehead atoms. The highest BCUT2D eigenvalue weighted by atomic mass is 32.2. The maximum Gasteiger partial charge on any atom is 0.298 e. The van der Waals surface area contributed by atoms with Crippen LogP contribution in [-0.2, 0) is 16.5 Å². The molecule has 0 radical (unpaired) electrons. The number of hydrogen-bond acceptors (Lipinski definition) is 7. The van der Waals surface area contributed by atoms with Gasteiger partial charge in [-0.05, 0) is 30.0 Å². The van der Waals surface area contributed by atoms with Crippen molar-refractivity contribution in [2.24, 2.45) is 10.2 Å². The molecule has 144 valence electrons. The first-order chi connectivity index (χ1) is 13.2. The second-order valence-electron chi connectivity index (χ2n) is 5.89. The highest BCUT2D eigenvalue weighted by Crippen LogP contribution is 2.41. The Labute approximate surface area is 159 Å². The van der Waals surface area contributed by atoms with Crippen LogP contribution in [0.1, 0.15) is 12.5 Å². The molecule has 0 saturated heterocycles. The van der Waals surface area contributed by atoms with Crippen molar-refractivity contribution in [2.75, 3.05) is 0 Å². The van der Waals surface area contributed by atoms with Gasteiger partial charge < -0.3 is 5.11 Å². The molecule has 3 aromatic carbocycles. The van der Waals surface area contributed by atoms with Crippen molar-refractivity contribution in [1.82, 2.24) is 0 Å². The second-order valence-corrected chi connectivity index (χ2v) is 7.28. The van der Waals surface area contributed by atoms with Gasteiger partial charge in [-0.1, -0.05) is 31.2 Å². The lowest BCUT2D eigenvalue weighted by atomic mass is 10.1. The second kappa shape index (κ2) is 7.33. The summed E-state index contributed by atoms with van der Waals surface area (Å²) in [7, 11) is -4.68. The summed E-state index contributed by atoms with van der Waals surface area (Å²) in [6.45, 7) is 1.76. The van der Waals surface area contributed by atoms with Gasteiger partial charge in [0.2, 0.25) is 0 Å². The minimum absolute atomic E-state index is 0.0388. The summed E-state index contributed by atoms with van der Waals surface area (Å²) in [5, 5.41) is 30.2. The highest BCUT2D eigenvalue weighted by molar-refractivity contribution is 7.86. The Kier molecular flexibility index (Phi) is 5.08. The fourth-order valence-electron chi connectivity index (χ4n) is 2.79. The Morgan fingerprint density at radius 3 is 2.46 bits per heavy atom. The number of nitro groups is 1. The number of nitrogens with zero attached hydrogens (tertiary/aromatic N) is 3. The van der Waals surface area contributed by atoms with E-state index in [2.05, 4.69) is 10.2 Å². The number of hydrogen-bond donors (Lipinski definition) is 2. The van der Waals surface area contributed by atoms with Crippen LogP contribution in [-0.4, -0.2) is 23.0 Å². The molecule has 0 fully saturated rings. The predicted molar refractivity (Wildman–Crippen MR) is 102 cm³/mol. The molecule has 0 heterocycles. The van der Waals surface area contributed by atoms with E-state index < -0.39 is 25.7 Å². The number of nitro benzene ring substituents is 1. The number of aryl methyl sites for hydroxylation is 1. The molecule has 0 atom stereocenters. The fourth-order valence-corrected chi connectivity index (χ4v) is 3.41. The summed E-state index contributed by atoms with van der Waals surface area (Å²) in [6.07, 6.45) is 0.409. The summed E-state index contributed by atoms with van der Waals surface area (Å²) in [5.41, 5.74) is 0.579. The van der Waals surface area contributed by atoms with Crippen molar-refractivity contribution in [3.63, 3.8) is 0 Å². The Morgan fingerprint density at radius 1 is 1.11 bits per heavy atom. The number of benzene rings is 3. The van der Waals surface area contributed by atoms with Gasteiger partial charge in [-0.2, -0.15) is 13.5 Å². The van der Waals surface area contributed by atoms with E-state index in [9.17, 15) is 28.2 Å². The maximum atomic E-state index is 11.6. The summed E-state index contributed by atoms with van der Waals surface area (Å²) in [5.74, 6) is -0.734. The Morgan fingerprint density at radius 2 is 1.82 bits per heavy atom. The lowest BCUT2D eigenvalue weighted by Crippen LogP contribution is -1.98. The van der Waals surface area contributed by atoms with E-state index in [0.29, 0.717) is 28.4 Å².